The molecule has 0 fully saturated rings. The number of rotatable bonds is 7. The first-order chi connectivity index (χ1) is 12.0. The highest BCUT2D eigenvalue weighted by Gasteiger charge is 2.19. The number of hydrazone groups is 2. The van der Waals surface area contributed by atoms with Crippen LogP contribution in [0.5, 0.6) is 0 Å². The van der Waals surface area contributed by atoms with Gasteiger partial charge in [-0.3, -0.25) is 31.1 Å². The van der Waals surface area contributed by atoms with Crippen LogP contribution in [0.3, 0.4) is 0 Å². The van der Waals surface area contributed by atoms with Crippen LogP contribution in [0.1, 0.15) is 6.92 Å². The van der Waals surface area contributed by atoms with E-state index in [0.29, 0.717) is 5.71 Å². The number of nitrogens with one attached hydrogen (secondary N) is 2. The largest absolute Gasteiger partial charge is 0.301 e. The Morgan fingerprint density at radius 3 is 2.40 bits per heavy atom. The second-order valence-corrected chi connectivity index (χ2v) is 4.82. The first-order valence-electron chi connectivity index (χ1n) is 7.04. The molecule has 0 saturated heterocycles. The van der Waals surface area contributed by atoms with Crippen LogP contribution in [0.4, 0.5) is 22.7 Å². The molecule has 0 atom stereocenters. The van der Waals surface area contributed by atoms with E-state index < -0.39 is 15.5 Å². The Morgan fingerprint density at radius 1 is 1.04 bits per heavy atom. The van der Waals surface area contributed by atoms with Crippen molar-refractivity contribution in [3.8, 4) is 0 Å². The van der Waals surface area contributed by atoms with Crippen LogP contribution in [0.25, 0.3) is 0 Å². The molecule has 0 saturated carbocycles. The number of hydrogen-bond donors (Lipinski definition) is 2. The summed E-state index contributed by atoms with van der Waals surface area (Å²) in [5.74, 6) is 0. The van der Waals surface area contributed by atoms with Crippen LogP contribution >= 0.6 is 0 Å². The topological polar surface area (TPSA) is 135 Å². The summed E-state index contributed by atoms with van der Waals surface area (Å²) in [6, 6.07) is 12.5. The van der Waals surface area contributed by atoms with E-state index in [9.17, 15) is 20.2 Å². The molecule has 2 N–H and O–H groups in total. The number of benzene rings is 2. The van der Waals surface area contributed by atoms with Gasteiger partial charge in [0.05, 0.1) is 33.5 Å². The maximum Gasteiger partial charge on any atom is 0.301 e. The van der Waals surface area contributed by atoms with Crippen LogP contribution in [0.15, 0.2) is 58.7 Å². The lowest BCUT2D eigenvalue weighted by Gasteiger charge is -2.03. The molecule has 2 aromatic rings. The van der Waals surface area contributed by atoms with Gasteiger partial charge in [-0.15, -0.1) is 0 Å². The van der Waals surface area contributed by atoms with E-state index in [1.807, 2.05) is 30.3 Å². The molecule has 2 rings (SSSR count). The first kappa shape index (κ1) is 17.5. The third-order valence-corrected chi connectivity index (χ3v) is 2.96. The van der Waals surface area contributed by atoms with Crippen LogP contribution in [-0.4, -0.2) is 21.8 Å². The predicted octanol–water partition coefficient (Wildman–Crippen LogP) is 3.39. The zero-order valence-electron chi connectivity index (χ0n) is 13.1. The number of nitro benzene ring substituents is 2. The van der Waals surface area contributed by atoms with Crippen molar-refractivity contribution in [2.45, 2.75) is 6.92 Å². The van der Waals surface area contributed by atoms with Gasteiger partial charge in [-0.1, -0.05) is 18.2 Å². The number of hydrogen-bond acceptors (Lipinski definition) is 8. The quantitative estimate of drug-likeness (QED) is 0.450. The van der Waals surface area contributed by atoms with E-state index in [4.69, 9.17) is 0 Å². The van der Waals surface area contributed by atoms with E-state index >= 15 is 0 Å². The Bertz CT molecular complexity index is 835. The average molecular weight is 342 g/mol. The minimum atomic E-state index is -0.717. The van der Waals surface area contributed by atoms with Crippen molar-refractivity contribution in [1.82, 2.24) is 0 Å². The van der Waals surface area contributed by atoms with Gasteiger partial charge in [-0.2, -0.15) is 10.2 Å². The van der Waals surface area contributed by atoms with Gasteiger partial charge in [0, 0.05) is 6.07 Å². The number of nitro groups is 2. The van der Waals surface area contributed by atoms with Crippen molar-refractivity contribution < 1.29 is 9.85 Å². The number of nitrogens with zero attached hydrogens (tertiary/aromatic N) is 4. The Morgan fingerprint density at radius 2 is 1.76 bits per heavy atom. The van der Waals surface area contributed by atoms with Gasteiger partial charge in [-0.25, -0.2) is 0 Å². The zero-order chi connectivity index (χ0) is 18.2. The maximum absolute atomic E-state index is 11.0. The van der Waals surface area contributed by atoms with Gasteiger partial charge in [0.2, 0.25) is 0 Å². The van der Waals surface area contributed by atoms with Crippen LogP contribution in [-0.2, 0) is 0 Å². The highest BCUT2D eigenvalue weighted by Crippen LogP contribution is 2.28. The Kier molecular flexibility index (Phi) is 5.72. The normalized spacial score (nSPS) is 11.3. The van der Waals surface area contributed by atoms with E-state index in [1.54, 1.807) is 6.92 Å². The molecule has 25 heavy (non-hydrogen) atoms. The van der Waals surface area contributed by atoms with Gasteiger partial charge in [0.1, 0.15) is 5.69 Å². The van der Waals surface area contributed by atoms with Crippen molar-refractivity contribution in [2.24, 2.45) is 10.2 Å². The molecule has 0 amide bonds. The van der Waals surface area contributed by atoms with Crippen molar-refractivity contribution in [3.63, 3.8) is 0 Å². The fraction of sp³-hybridized carbons (Fsp3) is 0.0667. The van der Waals surface area contributed by atoms with Crippen molar-refractivity contribution in [2.75, 3.05) is 10.9 Å². The zero-order valence-corrected chi connectivity index (χ0v) is 13.1. The highest BCUT2D eigenvalue weighted by molar-refractivity contribution is 6.29. The summed E-state index contributed by atoms with van der Waals surface area (Å²) in [5, 5.41) is 29.7. The second-order valence-electron chi connectivity index (χ2n) is 4.82. The third-order valence-electron chi connectivity index (χ3n) is 2.96. The smallest absolute Gasteiger partial charge is 0.278 e. The number of para-hydroxylation sites is 1. The van der Waals surface area contributed by atoms with Crippen LogP contribution in [0, 0.1) is 20.2 Å². The van der Waals surface area contributed by atoms with Crippen molar-refractivity contribution in [3.05, 3.63) is 68.8 Å². The number of anilines is 2. The predicted molar refractivity (Wildman–Crippen MR) is 95.0 cm³/mol. The van der Waals surface area contributed by atoms with Crippen molar-refractivity contribution in [1.29, 1.82) is 0 Å². The molecule has 0 spiro atoms. The summed E-state index contributed by atoms with van der Waals surface area (Å²) in [6.07, 6.45) is 1.43. The lowest BCUT2D eigenvalue weighted by molar-refractivity contribution is -0.393. The molecule has 128 valence electrons. The summed E-state index contributed by atoms with van der Waals surface area (Å²) >= 11 is 0. The monoisotopic (exact) mass is 342 g/mol. The van der Waals surface area contributed by atoms with E-state index in [1.165, 1.54) is 12.3 Å². The fourth-order valence-corrected chi connectivity index (χ4v) is 1.77. The summed E-state index contributed by atoms with van der Waals surface area (Å²) in [5.41, 5.74) is 5.78. The molecule has 0 aliphatic heterocycles. The molecule has 10 nitrogen and oxygen atoms in total. The Balaban J connectivity index is 2.07. The van der Waals surface area contributed by atoms with Gasteiger partial charge in [-0.05, 0) is 25.1 Å². The molecule has 0 bridgehead atoms. The Labute approximate surface area is 142 Å². The fourth-order valence-electron chi connectivity index (χ4n) is 1.77. The van der Waals surface area contributed by atoms with Gasteiger partial charge >= 0.3 is 5.69 Å². The summed E-state index contributed by atoms with van der Waals surface area (Å²) < 4.78 is 0. The van der Waals surface area contributed by atoms with E-state index in [-0.39, 0.29) is 11.4 Å². The number of non-ortho nitro benzene ring substituents is 1. The molecule has 0 aliphatic carbocycles. The maximum atomic E-state index is 11.0. The highest BCUT2D eigenvalue weighted by atomic mass is 16.6. The summed E-state index contributed by atoms with van der Waals surface area (Å²) in [6.45, 7) is 1.64. The second kappa shape index (κ2) is 8.15. The molecular formula is C15H14N6O4. The summed E-state index contributed by atoms with van der Waals surface area (Å²) in [4.78, 5) is 20.3. The van der Waals surface area contributed by atoms with Crippen LogP contribution in [0.2, 0.25) is 0 Å². The van der Waals surface area contributed by atoms with Gasteiger partial charge in [0.25, 0.3) is 5.69 Å². The molecule has 0 aromatic heterocycles. The minimum Gasteiger partial charge on any atom is -0.278 e. The minimum absolute atomic E-state index is 0.0411. The van der Waals surface area contributed by atoms with Crippen LogP contribution < -0.4 is 10.9 Å². The van der Waals surface area contributed by atoms with Gasteiger partial charge < -0.3 is 0 Å². The van der Waals surface area contributed by atoms with E-state index in [0.717, 1.165) is 17.8 Å². The first-order valence-corrected chi connectivity index (χ1v) is 7.04. The molecule has 0 heterocycles. The molecule has 0 unspecified atom stereocenters. The lowest BCUT2D eigenvalue weighted by Crippen LogP contribution is -2.03. The average Bonchev–Trinajstić information content (AvgIpc) is 2.60. The molecule has 10 heteroatoms. The Hall–Kier alpha value is -3.82. The summed E-state index contributed by atoms with van der Waals surface area (Å²) in [7, 11) is 0. The third kappa shape index (κ3) is 5.10. The molecule has 2 aromatic carbocycles. The standard InChI is InChI=1S/C15H14N6O4/c1-11(10-16-18-12-5-3-2-4-6-12)17-19-14-8-7-13(20(22)23)9-15(14)21(24)25/h2-10,18-19H,1H3. The van der Waals surface area contributed by atoms with Gasteiger partial charge in [0.15, 0.2) is 0 Å². The SMILES string of the molecule is CC(C=NNc1ccccc1)=NNc1ccc([N+](=O)[O-])cc1[N+](=O)[O-]. The molecule has 0 radical (unpaired) electrons. The van der Waals surface area contributed by atoms with E-state index in [2.05, 4.69) is 21.1 Å². The molecule has 0 aliphatic rings. The molecular weight excluding hydrogens is 328 g/mol. The van der Waals surface area contributed by atoms with Crippen molar-refractivity contribution >= 4 is 34.7 Å². The lowest BCUT2D eigenvalue weighted by atomic mass is 10.2.